The highest BCUT2D eigenvalue weighted by Gasteiger charge is 2.17. The minimum Gasteiger partial charge on any atom is -0.348 e. The average Bonchev–Trinajstić information content (AvgIpc) is 3.34. The summed E-state index contributed by atoms with van der Waals surface area (Å²) in [7, 11) is -4.13. The molecule has 2 aromatic carbocycles. The first kappa shape index (κ1) is 22.1. The minimum atomic E-state index is -4.13. The molecule has 0 unspecified atom stereocenters. The van der Waals surface area contributed by atoms with Gasteiger partial charge >= 0.3 is 0 Å². The second kappa shape index (κ2) is 9.17. The molecular weight excluding hydrogens is 452 g/mol. The van der Waals surface area contributed by atoms with Gasteiger partial charge in [-0.3, -0.25) is 14.1 Å². The number of nitrogens with zero attached hydrogens (tertiary/aromatic N) is 3. The number of halogens is 2. The Morgan fingerprint density at radius 2 is 1.79 bits per heavy atom. The first-order valence-electron chi connectivity index (χ1n) is 9.62. The average molecular weight is 469 g/mol. The molecule has 0 saturated heterocycles. The van der Waals surface area contributed by atoms with Crippen molar-refractivity contribution in [3.8, 4) is 5.82 Å². The van der Waals surface area contributed by atoms with E-state index in [1.54, 1.807) is 35.6 Å². The standard InChI is InChI=1S/C22H17F2N5O3S/c23-19-8-7-18(12-20(19)24)33(31,32)28-17-5-3-15(4-6-17)22(30)27-13-16-2-1-9-26-21(16)29-11-10-25-14-29/h1-12,14,28H,13H2,(H,27,30). The van der Waals surface area contributed by atoms with Crippen LogP contribution >= 0.6 is 0 Å². The second-order valence-electron chi connectivity index (χ2n) is 6.90. The summed E-state index contributed by atoms with van der Waals surface area (Å²) >= 11 is 0. The van der Waals surface area contributed by atoms with Crippen LogP contribution in [0.5, 0.6) is 0 Å². The molecule has 2 N–H and O–H groups in total. The summed E-state index contributed by atoms with van der Waals surface area (Å²) < 4.78 is 55.2. The molecule has 0 spiro atoms. The van der Waals surface area contributed by atoms with E-state index in [1.807, 2.05) is 6.07 Å². The van der Waals surface area contributed by atoms with Gasteiger partial charge in [0.2, 0.25) is 0 Å². The fourth-order valence-electron chi connectivity index (χ4n) is 3.01. The lowest BCUT2D eigenvalue weighted by atomic mass is 10.2. The number of rotatable bonds is 7. The predicted molar refractivity (Wildman–Crippen MR) is 116 cm³/mol. The molecule has 0 aliphatic rings. The number of benzene rings is 2. The van der Waals surface area contributed by atoms with Gasteiger partial charge in [0.1, 0.15) is 12.1 Å². The van der Waals surface area contributed by atoms with Crippen molar-refractivity contribution in [1.29, 1.82) is 0 Å². The van der Waals surface area contributed by atoms with Gasteiger partial charge in [0.25, 0.3) is 15.9 Å². The van der Waals surface area contributed by atoms with Gasteiger partial charge in [-0.15, -0.1) is 0 Å². The van der Waals surface area contributed by atoms with Crippen LogP contribution in [-0.2, 0) is 16.6 Å². The van der Waals surface area contributed by atoms with Crippen LogP contribution in [0.4, 0.5) is 14.5 Å². The molecule has 4 rings (SSSR count). The third-order valence-corrected chi connectivity index (χ3v) is 6.04. The summed E-state index contributed by atoms with van der Waals surface area (Å²) in [6, 6.07) is 11.6. The minimum absolute atomic E-state index is 0.158. The van der Waals surface area contributed by atoms with Crippen LogP contribution < -0.4 is 10.0 Å². The summed E-state index contributed by atoms with van der Waals surface area (Å²) in [6.45, 7) is 0.213. The molecule has 0 aliphatic heterocycles. The van der Waals surface area contributed by atoms with Crippen molar-refractivity contribution in [3.05, 3.63) is 102 Å². The van der Waals surface area contributed by atoms with Gasteiger partial charge in [0, 0.05) is 41.9 Å². The highest BCUT2D eigenvalue weighted by molar-refractivity contribution is 7.92. The summed E-state index contributed by atoms with van der Waals surface area (Å²) in [5, 5.41) is 2.79. The maximum absolute atomic E-state index is 13.4. The van der Waals surface area contributed by atoms with Gasteiger partial charge in [0.15, 0.2) is 11.6 Å². The lowest BCUT2D eigenvalue weighted by Crippen LogP contribution is -2.23. The number of aromatic nitrogens is 3. The summed E-state index contributed by atoms with van der Waals surface area (Å²) in [5.41, 5.74) is 1.24. The molecule has 168 valence electrons. The number of pyridine rings is 1. The van der Waals surface area contributed by atoms with E-state index in [0.717, 1.165) is 17.7 Å². The number of imidazole rings is 1. The van der Waals surface area contributed by atoms with E-state index in [2.05, 4.69) is 20.0 Å². The Bertz CT molecular complexity index is 1390. The van der Waals surface area contributed by atoms with E-state index >= 15 is 0 Å². The fourth-order valence-corrected chi connectivity index (χ4v) is 4.08. The van der Waals surface area contributed by atoms with E-state index in [1.165, 1.54) is 24.3 Å². The third kappa shape index (κ3) is 5.04. The molecule has 0 bridgehead atoms. The van der Waals surface area contributed by atoms with E-state index < -0.39 is 26.6 Å². The van der Waals surface area contributed by atoms with Crippen LogP contribution in [0.1, 0.15) is 15.9 Å². The zero-order valence-corrected chi connectivity index (χ0v) is 17.8. The monoisotopic (exact) mass is 469 g/mol. The molecule has 0 saturated carbocycles. The van der Waals surface area contributed by atoms with Crippen molar-refractivity contribution >= 4 is 21.6 Å². The van der Waals surface area contributed by atoms with Crippen LogP contribution in [0.2, 0.25) is 0 Å². The van der Waals surface area contributed by atoms with Crippen LogP contribution in [-0.4, -0.2) is 28.9 Å². The predicted octanol–water partition coefficient (Wildman–Crippen LogP) is 3.28. The van der Waals surface area contributed by atoms with Crippen LogP contribution in [0.25, 0.3) is 5.82 Å². The number of amides is 1. The Morgan fingerprint density at radius 1 is 1.00 bits per heavy atom. The molecule has 4 aromatic rings. The van der Waals surface area contributed by atoms with Crippen LogP contribution in [0.3, 0.4) is 0 Å². The van der Waals surface area contributed by atoms with Gasteiger partial charge < -0.3 is 5.32 Å². The van der Waals surface area contributed by atoms with Crippen molar-refractivity contribution in [2.75, 3.05) is 4.72 Å². The Balaban J connectivity index is 1.42. The molecule has 0 fully saturated rings. The molecule has 2 aromatic heterocycles. The van der Waals surface area contributed by atoms with Crippen molar-refractivity contribution in [2.45, 2.75) is 11.4 Å². The van der Waals surface area contributed by atoms with Crippen molar-refractivity contribution in [1.82, 2.24) is 19.9 Å². The number of anilines is 1. The number of hydrogen-bond donors (Lipinski definition) is 2. The molecule has 0 radical (unpaired) electrons. The Morgan fingerprint density at radius 3 is 2.48 bits per heavy atom. The van der Waals surface area contributed by atoms with Crippen LogP contribution in [0, 0.1) is 11.6 Å². The molecule has 2 heterocycles. The Kier molecular flexibility index (Phi) is 6.13. The van der Waals surface area contributed by atoms with Gasteiger partial charge in [-0.2, -0.15) is 0 Å². The number of carbonyl (C=O) groups excluding carboxylic acids is 1. The topological polar surface area (TPSA) is 106 Å². The Hall–Kier alpha value is -4.12. The lowest BCUT2D eigenvalue weighted by molar-refractivity contribution is 0.0951. The van der Waals surface area contributed by atoms with Gasteiger partial charge in [-0.25, -0.2) is 27.2 Å². The van der Waals surface area contributed by atoms with E-state index in [0.29, 0.717) is 17.4 Å². The van der Waals surface area contributed by atoms with Crippen molar-refractivity contribution in [2.24, 2.45) is 0 Å². The summed E-state index contributed by atoms with van der Waals surface area (Å²) in [6.07, 6.45) is 6.61. The SMILES string of the molecule is O=C(NCc1cccnc1-n1ccnc1)c1ccc(NS(=O)(=O)c2ccc(F)c(F)c2)cc1. The molecule has 11 heteroatoms. The lowest BCUT2D eigenvalue weighted by Gasteiger charge is -2.11. The van der Waals surface area contributed by atoms with Gasteiger partial charge in [-0.05, 0) is 48.5 Å². The fraction of sp³-hybridized carbons (Fsp3) is 0.0455. The largest absolute Gasteiger partial charge is 0.348 e. The van der Waals surface area contributed by atoms with Gasteiger partial charge in [0.05, 0.1) is 4.90 Å². The van der Waals surface area contributed by atoms with E-state index in [-0.39, 0.29) is 18.1 Å². The number of sulfonamides is 1. The molecule has 0 aliphatic carbocycles. The smallest absolute Gasteiger partial charge is 0.261 e. The number of hydrogen-bond acceptors (Lipinski definition) is 5. The molecule has 1 amide bonds. The zero-order valence-electron chi connectivity index (χ0n) is 16.9. The summed E-state index contributed by atoms with van der Waals surface area (Å²) in [5.74, 6) is -2.15. The quantitative estimate of drug-likeness (QED) is 0.432. The maximum Gasteiger partial charge on any atom is 0.261 e. The zero-order chi connectivity index (χ0) is 23.4. The first-order valence-corrected chi connectivity index (χ1v) is 11.1. The maximum atomic E-state index is 13.4. The highest BCUT2D eigenvalue weighted by atomic mass is 32.2. The first-order chi connectivity index (χ1) is 15.8. The molecular formula is C22H17F2N5O3S. The number of nitrogens with one attached hydrogen (secondary N) is 2. The Labute approximate surface area is 188 Å². The second-order valence-corrected chi connectivity index (χ2v) is 8.58. The van der Waals surface area contributed by atoms with E-state index in [4.69, 9.17) is 0 Å². The van der Waals surface area contributed by atoms with Crippen LogP contribution in [0.15, 0.2) is 84.4 Å². The number of carbonyl (C=O) groups is 1. The third-order valence-electron chi connectivity index (χ3n) is 4.66. The molecule has 33 heavy (non-hydrogen) atoms. The van der Waals surface area contributed by atoms with Gasteiger partial charge in [-0.1, -0.05) is 6.07 Å². The summed E-state index contributed by atoms with van der Waals surface area (Å²) in [4.78, 5) is 20.4. The van der Waals surface area contributed by atoms with E-state index in [9.17, 15) is 22.0 Å². The molecule has 8 nitrogen and oxygen atoms in total. The van der Waals surface area contributed by atoms with Crippen molar-refractivity contribution in [3.63, 3.8) is 0 Å². The van der Waals surface area contributed by atoms with Crippen molar-refractivity contribution < 1.29 is 22.0 Å². The highest BCUT2D eigenvalue weighted by Crippen LogP contribution is 2.19. The normalized spacial score (nSPS) is 11.2. The molecule has 0 atom stereocenters.